The highest BCUT2D eigenvalue weighted by Crippen LogP contribution is 2.24. The van der Waals surface area contributed by atoms with Crippen molar-refractivity contribution in [2.45, 2.75) is 25.8 Å². The van der Waals surface area contributed by atoms with Crippen molar-refractivity contribution in [1.29, 1.82) is 5.26 Å². The van der Waals surface area contributed by atoms with E-state index in [4.69, 9.17) is 17.5 Å². The number of rotatable bonds is 2. The van der Waals surface area contributed by atoms with Gasteiger partial charge in [-0.25, -0.2) is 0 Å². The number of hydrogen-bond acceptors (Lipinski definition) is 2. The Hall–Kier alpha value is -1.86. The van der Waals surface area contributed by atoms with Crippen LogP contribution in [0.1, 0.15) is 24.8 Å². The lowest BCUT2D eigenvalue weighted by molar-refractivity contribution is 0.413. The van der Waals surface area contributed by atoms with Crippen molar-refractivity contribution >= 4 is 23.3 Å². The van der Waals surface area contributed by atoms with E-state index in [2.05, 4.69) is 27.8 Å². The molecule has 1 heterocycles. The van der Waals surface area contributed by atoms with Gasteiger partial charge in [0.25, 0.3) is 0 Å². The Morgan fingerprint density at radius 2 is 2.32 bits per heavy atom. The minimum absolute atomic E-state index is 0.640. The lowest BCUT2D eigenvalue weighted by Crippen LogP contribution is -2.12. The smallest absolute Gasteiger partial charge is 0.178 e. The standard InChI is InChI=1S/C15H15N3S/c16-9-12-7-4-8-13-14(12)17-15(19)18(13)10-11-5-2-1-3-6-11/h1-2,4,7-8,11H,3,5-6,10H2,(H,17,19). The lowest BCUT2D eigenvalue weighted by Gasteiger charge is -2.18. The third-order valence-corrected chi connectivity index (χ3v) is 4.07. The van der Waals surface area contributed by atoms with Gasteiger partial charge in [0.2, 0.25) is 0 Å². The van der Waals surface area contributed by atoms with Crippen molar-refractivity contribution in [1.82, 2.24) is 9.55 Å². The Kier molecular flexibility index (Phi) is 3.22. The number of nitrogens with one attached hydrogen (secondary N) is 1. The van der Waals surface area contributed by atoms with Crippen LogP contribution >= 0.6 is 12.2 Å². The van der Waals surface area contributed by atoms with Gasteiger partial charge in [0.05, 0.1) is 16.6 Å². The number of para-hydroxylation sites is 1. The van der Waals surface area contributed by atoms with Gasteiger partial charge in [-0.2, -0.15) is 5.26 Å². The fraction of sp³-hybridized carbons (Fsp3) is 0.333. The first-order valence-electron chi connectivity index (χ1n) is 6.56. The number of benzene rings is 1. The van der Waals surface area contributed by atoms with Crippen molar-refractivity contribution in [3.63, 3.8) is 0 Å². The average Bonchev–Trinajstić information content (AvgIpc) is 2.76. The largest absolute Gasteiger partial charge is 0.329 e. The van der Waals surface area contributed by atoms with Crippen LogP contribution in [0.25, 0.3) is 11.0 Å². The van der Waals surface area contributed by atoms with Crippen LogP contribution in [-0.2, 0) is 6.54 Å². The van der Waals surface area contributed by atoms with E-state index < -0.39 is 0 Å². The molecule has 1 N–H and O–H groups in total. The average molecular weight is 269 g/mol. The van der Waals surface area contributed by atoms with Crippen molar-refractivity contribution in [3.05, 3.63) is 40.7 Å². The zero-order chi connectivity index (χ0) is 13.2. The molecule has 1 aliphatic rings. The molecular weight excluding hydrogens is 254 g/mol. The van der Waals surface area contributed by atoms with E-state index in [9.17, 15) is 0 Å². The first-order valence-corrected chi connectivity index (χ1v) is 6.97. The zero-order valence-corrected chi connectivity index (χ0v) is 11.4. The van der Waals surface area contributed by atoms with Crippen LogP contribution in [0.4, 0.5) is 0 Å². The van der Waals surface area contributed by atoms with Crippen LogP contribution < -0.4 is 0 Å². The van der Waals surface area contributed by atoms with E-state index in [0.29, 0.717) is 16.3 Å². The van der Waals surface area contributed by atoms with Gasteiger partial charge in [-0.15, -0.1) is 0 Å². The van der Waals surface area contributed by atoms with Crippen LogP contribution in [0.5, 0.6) is 0 Å². The third-order valence-electron chi connectivity index (χ3n) is 3.75. The minimum atomic E-state index is 0.640. The quantitative estimate of drug-likeness (QED) is 0.663. The SMILES string of the molecule is N#Cc1cccc2c1[nH]c(=S)n2CC1CC=CCC1. The molecule has 0 aliphatic heterocycles. The molecule has 1 aliphatic carbocycles. The van der Waals surface area contributed by atoms with Gasteiger partial charge in [-0.1, -0.05) is 18.2 Å². The van der Waals surface area contributed by atoms with E-state index in [-0.39, 0.29) is 0 Å². The summed E-state index contributed by atoms with van der Waals surface area (Å²) < 4.78 is 2.85. The molecule has 0 radical (unpaired) electrons. The second kappa shape index (κ2) is 5.02. The molecule has 0 spiro atoms. The summed E-state index contributed by atoms with van der Waals surface area (Å²) in [6.45, 7) is 0.929. The number of H-pyrrole nitrogens is 1. The fourth-order valence-corrected chi connectivity index (χ4v) is 3.01. The summed E-state index contributed by atoms with van der Waals surface area (Å²) in [4.78, 5) is 3.17. The molecule has 0 amide bonds. The second-order valence-electron chi connectivity index (χ2n) is 5.00. The molecule has 4 heteroatoms. The van der Waals surface area contributed by atoms with Gasteiger partial charge in [-0.3, -0.25) is 0 Å². The summed E-state index contributed by atoms with van der Waals surface area (Å²) in [5, 5.41) is 9.13. The summed E-state index contributed by atoms with van der Waals surface area (Å²) in [7, 11) is 0. The third kappa shape index (κ3) is 2.22. The van der Waals surface area contributed by atoms with Crippen LogP contribution in [0.3, 0.4) is 0 Å². The minimum Gasteiger partial charge on any atom is -0.329 e. The maximum atomic E-state index is 9.13. The lowest BCUT2D eigenvalue weighted by atomic mass is 9.94. The molecule has 1 atom stereocenters. The van der Waals surface area contributed by atoms with Gasteiger partial charge in [0.15, 0.2) is 4.77 Å². The van der Waals surface area contributed by atoms with Gasteiger partial charge in [0, 0.05) is 6.54 Å². The Balaban J connectivity index is 2.04. The number of nitriles is 1. The first-order chi connectivity index (χ1) is 9.29. The molecule has 1 aromatic carbocycles. The molecular formula is C15H15N3S. The molecule has 2 aromatic rings. The van der Waals surface area contributed by atoms with Gasteiger partial charge in [0.1, 0.15) is 6.07 Å². The summed E-state index contributed by atoms with van der Waals surface area (Å²) in [5.74, 6) is 0.640. The van der Waals surface area contributed by atoms with Crippen molar-refractivity contribution < 1.29 is 0 Å². The van der Waals surface area contributed by atoms with E-state index in [0.717, 1.165) is 30.4 Å². The highest BCUT2D eigenvalue weighted by Gasteiger charge is 2.14. The van der Waals surface area contributed by atoms with Crippen molar-refractivity contribution in [2.75, 3.05) is 0 Å². The number of imidazole rings is 1. The Morgan fingerprint density at radius 1 is 1.42 bits per heavy atom. The van der Waals surface area contributed by atoms with Crippen LogP contribution in [-0.4, -0.2) is 9.55 Å². The molecule has 0 saturated carbocycles. The van der Waals surface area contributed by atoms with E-state index in [1.165, 1.54) is 6.42 Å². The molecule has 0 bridgehead atoms. The Bertz CT molecular complexity index is 730. The molecule has 1 unspecified atom stereocenters. The first kappa shape index (κ1) is 12.2. The van der Waals surface area contributed by atoms with Gasteiger partial charge in [-0.05, 0) is 49.5 Å². The van der Waals surface area contributed by atoms with Crippen LogP contribution in [0.15, 0.2) is 30.4 Å². The number of allylic oxidation sites excluding steroid dienone is 2. The summed E-state index contributed by atoms with van der Waals surface area (Å²) >= 11 is 5.41. The molecule has 3 nitrogen and oxygen atoms in total. The number of fused-ring (bicyclic) bond motifs is 1. The van der Waals surface area contributed by atoms with Crippen LogP contribution in [0, 0.1) is 22.0 Å². The van der Waals surface area contributed by atoms with Crippen molar-refractivity contribution in [2.24, 2.45) is 5.92 Å². The number of aromatic nitrogens is 2. The molecule has 3 rings (SSSR count). The van der Waals surface area contributed by atoms with E-state index in [1.54, 1.807) is 0 Å². The summed E-state index contributed by atoms with van der Waals surface area (Å²) in [5.41, 5.74) is 2.56. The van der Waals surface area contributed by atoms with E-state index in [1.807, 2.05) is 18.2 Å². The monoisotopic (exact) mass is 269 g/mol. The predicted molar refractivity (Wildman–Crippen MR) is 78.3 cm³/mol. The molecule has 0 saturated heterocycles. The predicted octanol–water partition coefficient (Wildman–Crippen LogP) is 3.93. The summed E-state index contributed by atoms with van der Waals surface area (Å²) in [6, 6.07) is 7.98. The maximum absolute atomic E-state index is 9.13. The topological polar surface area (TPSA) is 44.5 Å². The number of hydrogen-bond donors (Lipinski definition) is 1. The van der Waals surface area contributed by atoms with Crippen molar-refractivity contribution in [3.8, 4) is 6.07 Å². The summed E-state index contributed by atoms with van der Waals surface area (Å²) in [6.07, 6.45) is 7.99. The fourth-order valence-electron chi connectivity index (χ4n) is 2.73. The highest BCUT2D eigenvalue weighted by molar-refractivity contribution is 7.71. The second-order valence-corrected chi connectivity index (χ2v) is 5.39. The maximum Gasteiger partial charge on any atom is 0.178 e. The molecule has 96 valence electrons. The molecule has 19 heavy (non-hydrogen) atoms. The normalized spacial score (nSPS) is 18.6. The van der Waals surface area contributed by atoms with E-state index >= 15 is 0 Å². The Labute approximate surface area is 117 Å². The number of nitrogens with zero attached hydrogens (tertiary/aromatic N) is 2. The Morgan fingerprint density at radius 3 is 3.05 bits per heavy atom. The highest BCUT2D eigenvalue weighted by atomic mass is 32.1. The van der Waals surface area contributed by atoms with Gasteiger partial charge < -0.3 is 9.55 Å². The molecule has 0 fully saturated rings. The van der Waals surface area contributed by atoms with Gasteiger partial charge >= 0.3 is 0 Å². The molecule has 1 aromatic heterocycles. The van der Waals surface area contributed by atoms with Crippen LogP contribution in [0.2, 0.25) is 0 Å². The zero-order valence-electron chi connectivity index (χ0n) is 10.6. The number of aromatic amines is 1.